The van der Waals surface area contributed by atoms with E-state index in [4.69, 9.17) is 5.41 Å². The topological polar surface area (TPSA) is 86.9 Å². The highest BCUT2D eigenvalue weighted by Crippen LogP contribution is 2.28. The number of nitrogens with zero attached hydrogens (tertiary/aromatic N) is 4. The highest BCUT2D eigenvalue weighted by Gasteiger charge is 2.21. The molecule has 24 heavy (non-hydrogen) atoms. The Bertz CT molecular complexity index is 1100. The maximum atomic E-state index is 12.8. The van der Waals surface area contributed by atoms with Gasteiger partial charge < -0.3 is 4.57 Å². The van der Waals surface area contributed by atoms with E-state index in [1.54, 1.807) is 22.9 Å². The zero-order valence-electron chi connectivity index (χ0n) is 13.2. The highest BCUT2D eigenvalue weighted by atomic mass is 16.1. The molecular formula is C18H17N5O. The van der Waals surface area contributed by atoms with Crippen LogP contribution in [0.25, 0.3) is 16.7 Å². The van der Waals surface area contributed by atoms with Crippen molar-refractivity contribution >= 4 is 16.7 Å². The first-order chi connectivity index (χ1) is 11.7. The van der Waals surface area contributed by atoms with E-state index < -0.39 is 0 Å². The van der Waals surface area contributed by atoms with E-state index >= 15 is 0 Å². The molecule has 1 fully saturated rings. The Morgan fingerprint density at radius 1 is 1.25 bits per heavy atom. The van der Waals surface area contributed by atoms with Gasteiger partial charge >= 0.3 is 0 Å². The van der Waals surface area contributed by atoms with Crippen molar-refractivity contribution in [2.24, 2.45) is 0 Å². The summed E-state index contributed by atoms with van der Waals surface area (Å²) in [6.45, 7) is 0. The van der Waals surface area contributed by atoms with Crippen LogP contribution in [0.5, 0.6) is 0 Å². The molecule has 0 bridgehead atoms. The Balaban J connectivity index is 2.16. The van der Waals surface area contributed by atoms with Gasteiger partial charge in [0.15, 0.2) is 0 Å². The van der Waals surface area contributed by atoms with Gasteiger partial charge in [0.1, 0.15) is 22.9 Å². The summed E-state index contributed by atoms with van der Waals surface area (Å²) in [5, 5.41) is 18.2. The standard InChI is InChI=1S/C18H17N5O/c19-11-12-10-14-17(21-15-8-4-5-9-22(15)18(14)24)23(16(12)20)13-6-2-1-3-7-13/h4-5,8-10,13,20H,1-3,6-7H2. The molecule has 6 nitrogen and oxygen atoms in total. The monoisotopic (exact) mass is 319 g/mol. The molecule has 1 saturated carbocycles. The van der Waals surface area contributed by atoms with Crippen LogP contribution in [-0.4, -0.2) is 14.0 Å². The lowest BCUT2D eigenvalue weighted by Gasteiger charge is -2.26. The van der Waals surface area contributed by atoms with Gasteiger partial charge in [-0.05, 0) is 31.0 Å². The van der Waals surface area contributed by atoms with E-state index in [1.807, 2.05) is 6.07 Å². The zero-order valence-corrected chi connectivity index (χ0v) is 13.2. The predicted octanol–water partition coefficient (Wildman–Crippen LogP) is 2.51. The van der Waals surface area contributed by atoms with Crippen molar-refractivity contribution in [2.75, 3.05) is 0 Å². The Kier molecular flexibility index (Phi) is 3.42. The third kappa shape index (κ3) is 2.13. The molecule has 1 N–H and O–H groups in total. The first-order valence-electron chi connectivity index (χ1n) is 8.22. The highest BCUT2D eigenvalue weighted by molar-refractivity contribution is 5.77. The van der Waals surface area contributed by atoms with Crippen molar-refractivity contribution in [3.8, 4) is 6.07 Å². The van der Waals surface area contributed by atoms with Crippen LogP contribution in [0, 0.1) is 16.7 Å². The van der Waals surface area contributed by atoms with E-state index in [0.717, 1.165) is 25.7 Å². The van der Waals surface area contributed by atoms with Crippen LogP contribution in [-0.2, 0) is 0 Å². The van der Waals surface area contributed by atoms with Gasteiger partial charge in [-0.3, -0.25) is 14.6 Å². The summed E-state index contributed by atoms with van der Waals surface area (Å²) in [7, 11) is 0. The maximum absolute atomic E-state index is 12.8. The largest absolute Gasteiger partial charge is 0.307 e. The molecule has 120 valence electrons. The number of pyridine rings is 2. The van der Waals surface area contributed by atoms with E-state index in [0.29, 0.717) is 16.7 Å². The number of aromatic nitrogens is 3. The number of hydrogen-bond acceptors (Lipinski definition) is 4. The molecular weight excluding hydrogens is 302 g/mol. The molecule has 0 aromatic carbocycles. The Morgan fingerprint density at radius 2 is 2.04 bits per heavy atom. The van der Waals surface area contributed by atoms with Crippen molar-refractivity contribution in [3.63, 3.8) is 0 Å². The van der Waals surface area contributed by atoms with Crippen LogP contribution in [0.3, 0.4) is 0 Å². The van der Waals surface area contributed by atoms with Crippen molar-refractivity contribution in [1.82, 2.24) is 14.0 Å². The maximum Gasteiger partial charge on any atom is 0.267 e. The van der Waals surface area contributed by atoms with E-state index in [9.17, 15) is 10.1 Å². The van der Waals surface area contributed by atoms with Crippen LogP contribution >= 0.6 is 0 Å². The van der Waals surface area contributed by atoms with Gasteiger partial charge in [0, 0.05) is 12.2 Å². The fraction of sp³-hybridized carbons (Fsp3) is 0.333. The quantitative estimate of drug-likeness (QED) is 0.699. The van der Waals surface area contributed by atoms with Crippen LogP contribution in [0.15, 0.2) is 35.3 Å². The van der Waals surface area contributed by atoms with Gasteiger partial charge in [0.05, 0.1) is 10.9 Å². The SMILES string of the molecule is N#Cc1cc2c(=O)n3ccccc3nc2n(C2CCCCC2)c1=N. The van der Waals surface area contributed by atoms with Crippen LogP contribution in [0.4, 0.5) is 0 Å². The molecule has 1 aliphatic rings. The van der Waals surface area contributed by atoms with Gasteiger partial charge in [-0.2, -0.15) is 5.26 Å². The molecule has 1 aliphatic carbocycles. The third-order valence-electron chi connectivity index (χ3n) is 4.82. The summed E-state index contributed by atoms with van der Waals surface area (Å²) in [5.74, 6) is 0. The second-order valence-corrected chi connectivity index (χ2v) is 6.26. The van der Waals surface area contributed by atoms with Crippen molar-refractivity contribution in [3.05, 3.63) is 51.9 Å². The minimum absolute atomic E-state index is 0.125. The average Bonchev–Trinajstić information content (AvgIpc) is 2.62. The Hall–Kier alpha value is -2.94. The second kappa shape index (κ2) is 5.60. The first kappa shape index (κ1) is 14.6. The smallest absolute Gasteiger partial charge is 0.267 e. The second-order valence-electron chi connectivity index (χ2n) is 6.26. The Labute approximate surface area is 138 Å². The molecule has 0 saturated heterocycles. The normalized spacial score (nSPS) is 15.6. The van der Waals surface area contributed by atoms with Crippen LogP contribution < -0.4 is 11.0 Å². The number of hydrogen-bond donors (Lipinski definition) is 1. The van der Waals surface area contributed by atoms with Crippen molar-refractivity contribution in [1.29, 1.82) is 10.7 Å². The summed E-state index contributed by atoms with van der Waals surface area (Å²) in [6.07, 6.45) is 6.98. The lowest BCUT2D eigenvalue weighted by molar-refractivity contribution is 0.349. The molecule has 0 aliphatic heterocycles. The summed E-state index contributed by atoms with van der Waals surface area (Å²) in [5.41, 5.74) is 1.26. The molecule has 0 spiro atoms. The predicted molar refractivity (Wildman–Crippen MR) is 89.6 cm³/mol. The lowest BCUT2D eigenvalue weighted by atomic mass is 9.95. The summed E-state index contributed by atoms with van der Waals surface area (Å²) in [6, 6.07) is 9.09. The number of rotatable bonds is 1. The molecule has 0 amide bonds. The third-order valence-corrected chi connectivity index (χ3v) is 4.82. The number of fused-ring (bicyclic) bond motifs is 2. The summed E-state index contributed by atoms with van der Waals surface area (Å²) < 4.78 is 3.29. The van der Waals surface area contributed by atoms with Gasteiger partial charge in [-0.25, -0.2) is 4.98 Å². The van der Waals surface area contributed by atoms with Gasteiger partial charge in [-0.15, -0.1) is 0 Å². The average molecular weight is 319 g/mol. The van der Waals surface area contributed by atoms with E-state index in [1.165, 1.54) is 16.9 Å². The molecule has 6 heteroatoms. The minimum atomic E-state index is -0.198. The van der Waals surface area contributed by atoms with Gasteiger partial charge in [0.2, 0.25) is 0 Å². The Morgan fingerprint density at radius 3 is 2.79 bits per heavy atom. The molecule has 0 unspecified atom stereocenters. The van der Waals surface area contributed by atoms with Gasteiger partial charge in [0.25, 0.3) is 5.56 Å². The van der Waals surface area contributed by atoms with E-state index in [2.05, 4.69) is 11.1 Å². The molecule has 4 rings (SSSR count). The molecule has 3 aromatic rings. The fourth-order valence-electron chi connectivity index (χ4n) is 3.63. The molecule has 0 atom stereocenters. The molecule has 0 radical (unpaired) electrons. The molecule has 3 heterocycles. The zero-order chi connectivity index (χ0) is 16.7. The first-order valence-corrected chi connectivity index (χ1v) is 8.22. The summed E-state index contributed by atoms with van der Waals surface area (Å²) >= 11 is 0. The van der Waals surface area contributed by atoms with Crippen LogP contribution in [0.2, 0.25) is 0 Å². The minimum Gasteiger partial charge on any atom is -0.307 e. The summed E-state index contributed by atoms with van der Waals surface area (Å²) in [4.78, 5) is 17.5. The van der Waals surface area contributed by atoms with E-state index in [-0.39, 0.29) is 22.7 Å². The fourth-order valence-corrected chi connectivity index (χ4v) is 3.63. The van der Waals surface area contributed by atoms with Gasteiger partial charge in [-0.1, -0.05) is 25.3 Å². The number of nitriles is 1. The van der Waals surface area contributed by atoms with Crippen molar-refractivity contribution in [2.45, 2.75) is 38.1 Å². The molecule has 3 aromatic heterocycles. The number of nitrogens with one attached hydrogen (secondary N) is 1. The lowest BCUT2D eigenvalue weighted by Crippen LogP contribution is -2.31. The van der Waals surface area contributed by atoms with Crippen molar-refractivity contribution < 1.29 is 0 Å². The van der Waals surface area contributed by atoms with Crippen LogP contribution in [0.1, 0.15) is 43.7 Å².